The zero-order valence-corrected chi connectivity index (χ0v) is 10.1. The first-order valence-corrected chi connectivity index (χ1v) is 5.64. The number of rotatable bonds is 3. The van der Waals surface area contributed by atoms with Crippen LogP contribution in [-0.2, 0) is 0 Å². The summed E-state index contributed by atoms with van der Waals surface area (Å²) in [6, 6.07) is 8.50. The molecule has 1 aliphatic heterocycles. The Morgan fingerprint density at radius 2 is 2.00 bits per heavy atom. The van der Waals surface area contributed by atoms with Crippen molar-refractivity contribution < 1.29 is 4.74 Å². The molecular formula is C13H18N2O. The van der Waals surface area contributed by atoms with Crippen LogP contribution in [0.5, 0.6) is 5.75 Å². The van der Waals surface area contributed by atoms with Gasteiger partial charge in [0.05, 0.1) is 19.5 Å². The van der Waals surface area contributed by atoms with Crippen LogP contribution in [0.15, 0.2) is 29.3 Å². The van der Waals surface area contributed by atoms with Crippen LogP contribution >= 0.6 is 0 Å². The second-order valence-electron chi connectivity index (χ2n) is 4.43. The van der Waals surface area contributed by atoms with E-state index in [0.29, 0.717) is 12.0 Å². The van der Waals surface area contributed by atoms with Gasteiger partial charge in [0.15, 0.2) is 0 Å². The molecule has 16 heavy (non-hydrogen) atoms. The van der Waals surface area contributed by atoms with E-state index < -0.39 is 0 Å². The number of ether oxygens (including phenoxy) is 1. The lowest BCUT2D eigenvalue weighted by atomic mass is 10.1. The minimum atomic E-state index is 0.419. The van der Waals surface area contributed by atoms with Gasteiger partial charge in [-0.05, 0) is 30.2 Å². The first-order chi connectivity index (χ1) is 7.70. The number of nitrogens with zero attached hydrogens (tertiary/aromatic N) is 2. The normalized spacial score (nSPS) is 19.5. The zero-order valence-electron chi connectivity index (χ0n) is 10.1. The second-order valence-corrected chi connectivity index (χ2v) is 4.43. The van der Waals surface area contributed by atoms with Crippen LogP contribution in [0, 0.1) is 5.92 Å². The molecular weight excluding hydrogens is 200 g/mol. The van der Waals surface area contributed by atoms with E-state index in [0.717, 1.165) is 12.3 Å². The van der Waals surface area contributed by atoms with Crippen molar-refractivity contribution in [3.05, 3.63) is 24.3 Å². The molecule has 0 N–H and O–H groups in total. The molecule has 0 spiro atoms. The molecule has 0 fully saturated rings. The Balaban J connectivity index is 2.06. The highest BCUT2D eigenvalue weighted by molar-refractivity contribution is 5.81. The highest BCUT2D eigenvalue weighted by Crippen LogP contribution is 2.22. The Morgan fingerprint density at radius 1 is 1.31 bits per heavy atom. The van der Waals surface area contributed by atoms with Gasteiger partial charge in [0, 0.05) is 12.2 Å². The van der Waals surface area contributed by atoms with Crippen molar-refractivity contribution in [2.45, 2.75) is 19.9 Å². The molecule has 0 aliphatic carbocycles. The predicted molar refractivity (Wildman–Crippen MR) is 67.5 cm³/mol. The third kappa shape index (κ3) is 2.18. The van der Waals surface area contributed by atoms with E-state index >= 15 is 0 Å². The van der Waals surface area contributed by atoms with Crippen LogP contribution in [0.25, 0.3) is 0 Å². The Morgan fingerprint density at radius 3 is 2.50 bits per heavy atom. The van der Waals surface area contributed by atoms with Crippen molar-refractivity contribution in [3.8, 4) is 5.75 Å². The molecule has 1 aromatic rings. The SMILES string of the molecule is COc1ccc(N2C=N[C@@H](C(C)C)C2)cc1. The third-order valence-corrected chi connectivity index (χ3v) is 2.95. The summed E-state index contributed by atoms with van der Waals surface area (Å²) in [4.78, 5) is 6.69. The Hall–Kier alpha value is -1.51. The standard InChI is InChI=1S/C13H18N2O/c1-10(2)13-8-15(9-14-13)11-4-6-12(16-3)7-5-11/h4-7,9-10,13H,8H2,1-3H3/t13-/m1/s1. The number of methoxy groups -OCH3 is 1. The van der Waals surface area contributed by atoms with Gasteiger partial charge in [-0.1, -0.05) is 13.8 Å². The first kappa shape index (κ1) is 11.0. The molecule has 3 nitrogen and oxygen atoms in total. The van der Waals surface area contributed by atoms with Crippen molar-refractivity contribution in [2.75, 3.05) is 18.6 Å². The Labute approximate surface area is 96.7 Å². The molecule has 0 saturated carbocycles. The summed E-state index contributed by atoms with van der Waals surface area (Å²) < 4.78 is 5.14. The Kier molecular flexibility index (Phi) is 3.13. The van der Waals surface area contributed by atoms with E-state index in [1.807, 2.05) is 18.5 Å². The van der Waals surface area contributed by atoms with Gasteiger partial charge < -0.3 is 9.64 Å². The maximum Gasteiger partial charge on any atom is 0.119 e. The molecule has 0 aromatic heterocycles. The number of aliphatic imine (C=N–C) groups is 1. The highest BCUT2D eigenvalue weighted by atomic mass is 16.5. The van der Waals surface area contributed by atoms with Crippen LogP contribution in [0.4, 0.5) is 5.69 Å². The fraction of sp³-hybridized carbons (Fsp3) is 0.462. The van der Waals surface area contributed by atoms with Gasteiger partial charge in [-0.15, -0.1) is 0 Å². The van der Waals surface area contributed by atoms with Gasteiger partial charge in [0.25, 0.3) is 0 Å². The third-order valence-electron chi connectivity index (χ3n) is 2.95. The van der Waals surface area contributed by atoms with Crippen LogP contribution in [0.1, 0.15) is 13.8 Å². The average Bonchev–Trinajstić information content (AvgIpc) is 2.78. The van der Waals surface area contributed by atoms with Gasteiger partial charge in [0.2, 0.25) is 0 Å². The lowest BCUT2D eigenvalue weighted by molar-refractivity contribution is 0.415. The average molecular weight is 218 g/mol. The number of anilines is 1. The number of hydrogen-bond acceptors (Lipinski definition) is 3. The predicted octanol–water partition coefficient (Wildman–Crippen LogP) is 2.57. The molecule has 0 radical (unpaired) electrons. The molecule has 0 amide bonds. The van der Waals surface area contributed by atoms with Crippen molar-refractivity contribution in [1.29, 1.82) is 0 Å². The molecule has 86 valence electrons. The zero-order chi connectivity index (χ0) is 11.5. The summed E-state index contributed by atoms with van der Waals surface area (Å²) in [6.45, 7) is 5.39. The number of hydrogen-bond donors (Lipinski definition) is 0. The van der Waals surface area contributed by atoms with E-state index in [1.54, 1.807) is 7.11 Å². The number of benzene rings is 1. The van der Waals surface area contributed by atoms with Crippen LogP contribution in [-0.4, -0.2) is 26.0 Å². The van der Waals surface area contributed by atoms with Gasteiger partial charge in [-0.3, -0.25) is 4.99 Å². The molecule has 0 unspecified atom stereocenters. The molecule has 1 aliphatic rings. The van der Waals surface area contributed by atoms with E-state index in [4.69, 9.17) is 4.74 Å². The summed E-state index contributed by atoms with van der Waals surface area (Å²) in [6.07, 6.45) is 1.94. The van der Waals surface area contributed by atoms with E-state index in [9.17, 15) is 0 Å². The molecule has 1 heterocycles. The monoisotopic (exact) mass is 218 g/mol. The minimum absolute atomic E-state index is 0.419. The molecule has 0 bridgehead atoms. The largest absolute Gasteiger partial charge is 0.497 e. The van der Waals surface area contributed by atoms with E-state index in [2.05, 4.69) is 35.9 Å². The molecule has 2 rings (SSSR count). The summed E-state index contributed by atoms with van der Waals surface area (Å²) in [5.74, 6) is 1.49. The first-order valence-electron chi connectivity index (χ1n) is 5.64. The smallest absolute Gasteiger partial charge is 0.119 e. The van der Waals surface area contributed by atoms with Gasteiger partial charge in [0.1, 0.15) is 5.75 Å². The van der Waals surface area contributed by atoms with Crippen LogP contribution in [0.3, 0.4) is 0 Å². The molecule has 1 atom stereocenters. The van der Waals surface area contributed by atoms with Gasteiger partial charge in [-0.2, -0.15) is 0 Å². The van der Waals surface area contributed by atoms with Gasteiger partial charge >= 0.3 is 0 Å². The van der Waals surface area contributed by atoms with Crippen molar-refractivity contribution in [3.63, 3.8) is 0 Å². The molecule has 1 aromatic carbocycles. The topological polar surface area (TPSA) is 24.8 Å². The van der Waals surface area contributed by atoms with Gasteiger partial charge in [-0.25, -0.2) is 0 Å². The summed E-state index contributed by atoms with van der Waals surface area (Å²) >= 11 is 0. The quantitative estimate of drug-likeness (QED) is 0.779. The summed E-state index contributed by atoms with van der Waals surface area (Å²) in [5, 5.41) is 0. The molecule has 0 saturated heterocycles. The maximum absolute atomic E-state index is 5.14. The highest BCUT2D eigenvalue weighted by Gasteiger charge is 2.20. The maximum atomic E-state index is 5.14. The fourth-order valence-corrected chi connectivity index (χ4v) is 1.79. The second kappa shape index (κ2) is 4.56. The minimum Gasteiger partial charge on any atom is -0.497 e. The summed E-state index contributed by atoms with van der Waals surface area (Å²) in [5.41, 5.74) is 1.17. The van der Waals surface area contributed by atoms with Crippen LogP contribution < -0.4 is 9.64 Å². The lowest BCUT2D eigenvalue weighted by Gasteiger charge is -2.18. The fourth-order valence-electron chi connectivity index (χ4n) is 1.79. The Bertz CT molecular complexity index is 370. The molecule has 3 heteroatoms. The van der Waals surface area contributed by atoms with Crippen molar-refractivity contribution in [2.24, 2.45) is 10.9 Å². The van der Waals surface area contributed by atoms with Crippen molar-refractivity contribution >= 4 is 12.0 Å². The summed E-state index contributed by atoms with van der Waals surface area (Å²) in [7, 11) is 1.68. The van der Waals surface area contributed by atoms with E-state index in [1.165, 1.54) is 5.69 Å². The lowest BCUT2D eigenvalue weighted by Crippen LogP contribution is -2.25. The van der Waals surface area contributed by atoms with Crippen molar-refractivity contribution in [1.82, 2.24) is 0 Å². The van der Waals surface area contributed by atoms with E-state index in [-0.39, 0.29) is 0 Å². The van der Waals surface area contributed by atoms with Crippen LogP contribution in [0.2, 0.25) is 0 Å².